The molecule has 1 heterocycles. The van der Waals surface area contributed by atoms with Gasteiger partial charge < -0.3 is 5.11 Å². The van der Waals surface area contributed by atoms with E-state index in [-0.39, 0.29) is 12.1 Å². The van der Waals surface area contributed by atoms with Crippen molar-refractivity contribution in [3.05, 3.63) is 48.1 Å². The summed E-state index contributed by atoms with van der Waals surface area (Å²) >= 11 is 0. The molecule has 0 saturated carbocycles. The molecule has 0 radical (unpaired) electrons. The third-order valence-corrected chi connectivity index (χ3v) is 5.27. The van der Waals surface area contributed by atoms with E-state index >= 15 is 0 Å². The van der Waals surface area contributed by atoms with Crippen LogP contribution in [-0.2, 0) is 26.4 Å². The Morgan fingerprint density at radius 3 is 2.50 bits per heavy atom. The van der Waals surface area contributed by atoms with E-state index < -0.39 is 38.9 Å². The smallest absolute Gasteiger partial charge is 0.264 e. The van der Waals surface area contributed by atoms with Crippen molar-refractivity contribution in [1.82, 2.24) is 14.8 Å². The molecule has 0 aliphatic carbocycles. The van der Waals surface area contributed by atoms with E-state index in [0.717, 1.165) is 18.4 Å². The van der Waals surface area contributed by atoms with Gasteiger partial charge in [-0.05, 0) is 13.0 Å². The first-order valence-electron chi connectivity index (χ1n) is 7.75. The van der Waals surface area contributed by atoms with Crippen molar-refractivity contribution in [3.63, 3.8) is 0 Å². The fourth-order valence-electron chi connectivity index (χ4n) is 2.73. The number of aliphatic hydroxyl groups is 1. The molecule has 0 saturated heterocycles. The Morgan fingerprint density at radius 1 is 1.35 bits per heavy atom. The van der Waals surface area contributed by atoms with E-state index in [1.165, 1.54) is 38.1 Å². The first-order valence-corrected chi connectivity index (χ1v) is 9.57. The van der Waals surface area contributed by atoms with E-state index in [0.29, 0.717) is 6.07 Å². The quantitative estimate of drug-likeness (QED) is 0.726. The molecule has 2 aromatic rings. The maximum Gasteiger partial charge on any atom is 0.264 e. The van der Waals surface area contributed by atoms with Crippen LogP contribution in [-0.4, -0.2) is 40.6 Å². The van der Waals surface area contributed by atoms with Crippen molar-refractivity contribution in [2.75, 3.05) is 6.26 Å². The minimum Gasteiger partial charge on any atom is -0.382 e. The lowest BCUT2D eigenvalue weighted by atomic mass is 9.67. The monoisotopic (exact) mass is 389 g/mol. The summed E-state index contributed by atoms with van der Waals surface area (Å²) in [5.41, 5.74) is -3.51. The van der Waals surface area contributed by atoms with Crippen LogP contribution >= 0.6 is 0 Å². The first-order chi connectivity index (χ1) is 11.9. The fourth-order valence-corrected chi connectivity index (χ4v) is 3.49. The van der Waals surface area contributed by atoms with Gasteiger partial charge in [0.15, 0.2) is 0 Å². The number of aromatic nitrogens is 3. The second kappa shape index (κ2) is 7.01. The van der Waals surface area contributed by atoms with Crippen LogP contribution < -0.4 is 0 Å². The molecule has 0 fully saturated rings. The lowest BCUT2D eigenvalue weighted by molar-refractivity contribution is -0.132. The molecular weight excluding hydrogens is 368 g/mol. The van der Waals surface area contributed by atoms with Crippen molar-refractivity contribution in [2.45, 2.75) is 39.0 Å². The molecule has 10 heteroatoms. The third kappa shape index (κ3) is 4.08. The zero-order valence-electron chi connectivity index (χ0n) is 14.8. The molecule has 2 rings (SSSR count). The van der Waals surface area contributed by atoms with Gasteiger partial charge in [-0.2, -0.15) is 13.5 Å². The number of benzene rings is 1. The second-order valence-electron chi connectivity index (χ2n) is 6.74. The molecule has 0 aliphatic heterocycles. The van der Waals surface area contributed by atoms with Crippen LogP contribution in [0.5, 0.6) is 0 Å². The van der Waals surface area contributed by atoms with Crippen molar-refractivity contribution in [3.8, 4) is 0 Å². The predicted molar refractivity (Wildman–Crippen MR) is 89.4 cm³/mol. The molecule has 2 atom stereocenters. The number of rotatable bonds is 7. The average molecular weight is 389 g/mol. The number of hydrogen-bond donors (Lipinski definition) is 1. The van der Waals surface area contributed by atoms with Gasteiger partial charge in [-0.3, -0.25) is 4.18 Å². The Hall–Kier alpha value is -1.91. The third-order valence-electron chi connectivity index (χ3n) is 4.64. The Kier molecular flexibility index (Phi) is 5.50. The molecule has 1 N–H and O–H groups in total. The van der Waals surface area contributed by atoms with Gasteiger partial charge in [0.1, 0.15) is 29.9 Å². The molecule has 26 heavy (non-hydrogen) atoms. The van der Waals surface area contributed by atoms with Gasteiger partial charge in [0, 0.05) is 17.0 Å². The molecule has 1 aromatic heterocycles. The first kappa shape index (κ1) is 20.4. The van der Waals surface area contributed by atoms with Crippen molar-refractivity contribution in [1.29, 1.82) is 0 Å². The Balaban J connectivity index is 2.59. The lowest BCUT2D eigenvalue weighted by Gasteiger charge is -2.45. The highest BCUT2D eigenvalue weighted by Crippen LogP contribution is 2.45. The van der Waals surface area contributed by atoms with E-state index in [9.17, 15) is 22.3 Å². The summed E-state index contributed by atoms with van der Waals surface area (Å²) in [6, 6.07) is 2.79. The molecule has 1 aromatic carbocycles. The minimum atomic E-state index is -3.83. The molecule has 0 aliphatic rings. The van der Waals surface area contributed by atoms with Gasteiger partial charge in [0.2, 0.25) is 0 Å². The molecule has 0 amide bonds. The Morgan fingerprint density at radius 2 is 2.00 bits per heavy atom. The average Bonchev–Trinajstić information content (AvgIpc) is 2.97. The zero-order valence-corrected chi connectivity index (χ0v) is 15.7. The zero-order chi connectivity index (χ0) is 19.8. The summed E-state index contributed by atoms with van der Waals surface area (Å²) in [4.78, 5) is 3.78. The van der Waals surface area contributed by atoms with Gasteiger partial charge in [-0.25, -0.2) is 18.4 Å². The SMILES string of the molecule is CC(OS(C)(=O)=O)C(C)(C)C(O)(Cn1cncn1)c1ccc(F)cc1F. The predicted octanol–water partition coefficient (Wildman–Crippen LogP) is 1.83. The number of hydrogen-bond acceptors (Lipinski definition) is 6. The summed E-state index contributed by atoms with van der Waals surface area (Å²) in [6.07, 6.45) is 2.42. The van der Waals surface area contributed by atoms with Crippen molar-refractivity contribution < 1.29 is 26.5 Å². The van der Waals surface area contributed by atoms with E-state index in [1.54, 1.807) is 0 Å². The van der Waals surface area contributed by atoms with E-state index in [4.69, 9.17) is 4.18 Å². The van der Waals surface area contributed by atoms with Crippen LogP contribution in [0.15, 0.2) is 30.9 Å². The minimum absolute atomic E-state index is 0.205. The van der Waals surface area contributed by atoms with Gasteiger partial charge in [-0.1, -0.05) is 19.9 Å². The molecule has 7 nitrogen and oxygen atoms in total. The summed E-state index contributed by atoms with van der Waals surface area (Å²) in [7, 11) is -3.83. The van der Waals surface area contributed by atoms with Gasteiger partial charge in [-0.15, -0.1) is 0 Å². The van der Waals surface area contributed by atoms with Crippen LogP contribution in [0, 0.1) is 17.0 Å². The largest absolute Gasteiger partial charge is 0.382 e. The molecule has 2 unspecified atom stereocenters. The van der Waals surface area contributed by atoms with Crippen LogP contribution in [0.1, 0.15) is 26.3 Å². The summed E-state index contributed by atoms with van der Waals surface area (Å²) in [6.45, 7) is 4.26. The standard InChI is InChI=1S/C16H21F2N3O4S/c1-11(25-26(4,23)24)15(2,3)16(22,8-21-10-19-9-20-21)13-6-5-12(17)7-14(13)18/h5-7,9-11,22H,8H2,1-4H3. The summed E-state index contributed by atoms with van der Waals surface area (Å²) in [5.74, 6) is -1.76. The molecule has 0 bridgehead atoms. The van der Waals surface area contributed by atoms with E-state index in [1.807, 2.05) is 0 Å². The molecule has 144 valence electrons. The number of nitrogens with zero attached hydrogens (tertiary/aromatic N) is 3. The topological polar surface area (TPSA) is 94.3 Å². The Labute approximate surface area is 150 Å². The second-order valence-corrected chi connectivity index (χ2v) is 8.34. The number of halogens is 2. The van der Waals surface area contributed by atoms with E-state index in [2.05, 4.69) is 10.1 Å². The summed E-state index contributed by atoms with van der Waals surface area (Å²) < 4.78 is 57.2. The van der Waals surface area contributed by atoms with Crippen LogP contribution in [0.2, 0.25) is 0 Å². The molecule has 0 spiro atoms. The van der Waals surface area contributed by atoms with Gasteiger partial charge in [0.05, 0.1) is 18.9 Å². The molecular formula is C16H21F2N3O4S. The Bertz CT molecular complexity index is 872. The van der Waals surface area contributed by atoms with Crippen molar-refractivity contribution in [2.24, 2.45) is 5.41 Å². The maximum atomic E-state index is 14.5. The highest BCUT2D eigenvalue weighted by molar-refractivity contribution is 7.86. The fraction of sp³-hybridized carbons (Fsp3) is 0.500. The lowest BCUT2D eigenvalue weighted by Crippen LogP contribution is -2.52. The van der Waals surface area contributed by atoms with Crippen LogP contribution in [0.3, 0.4) is 0 Å². The van der Waals surface area contributed by atoms with Crippen LogP contribution in [0.4, 0.5) is 8.78 Å². The van der Waals surface area contributed by atoms with Gasteiger partial charge >= 0.3 is 0 Å². The highest BCUT2D eigenvalue weighted by Gasteiger charge is 2.51. The van der Waals surface area contributed by atoms with Crippen LogP contribution in [0.25, 0.3) is 0 Å². The maximum absolute atomic E-state index is 14.5. The van der Waals surface area contributed by atoms with Crippen molar-refractivity contribution >= 4 is 10.1 Å². The summed E-state index contributed by atoms with van der Waals surface area (Å²) in [5, 5.41) is 15.4. The van der Waals surface area contributed by atoms with Gasteiger partial charge in [0.25, 0.3) is 10.1 Å². The highest BCUT2D eigenvalue weighted by atomic mass is 32.2. The normalized spacial score (nSPS) is 16.3.